The Hall–Kier alpha value is -7.25. The summed E-state index contributed by atoms with van der Waals surface area (Å²) in [4.78, 5) is 6.84. The van der Waals surface area contributed by atoms with E-state index in [1.54, 1.807) is 6.92 Å². The van der Waals surface area contributed by atoms with E-state index in [1.165, 1.54) is 49.4 Å². The summed E-state index contributed by atoms with van der Waals surface area (Å²) in [5.74, 6) is -2.31. The van der Waals surface area contributed by atoms with Crippen molar-refractivity contribution >= 4 is 145 Å². The van der Waals surface area contributed by atoms with E-state index in [9.17, 15) is 80.3 Å². The topological polar surface area (TPSA) is 459 Å². The van der Waals surface area contributed by atoms with Crippen LogP contribution in [0.25, 0.3) is 37.7 Å². The van der Waals surface area contributed by atoms with E-state index in [-0.39, 0.29) is 130 Å². The molecule has 0 amide bonds. The number of azo groups is 3. The molecule has 0 bridgehead atoms. The summed E-state index contributed by atoms with van der Waals surface area (Å²) in [6, 6.07) is 14.3. The van der Waals surface area contributed by atoms with Gasteiger partial charge in [0.2, 0.25) is 11.0 Å². The molecule has 0 atom stereocenters. The third-order valence-electron chi connectivity index (χ3n) is 11.7. The van der Waals surface area contributed by atoms with Crippen molar-refractivity contribution in [1.82, 2.24) is 14.4 Å². The monoisotopic (exact) mass is 1250 g/mol. The SMILES string of the molecule is COc1ccc2c(nc3c(C#N)c(C)c(N=Nc4cc(C)c(N=Nc5cc(CO)c(N=Nc6nc7c(S(=O)(=O)O)cc8ccc(S(=O)(=O)O)cc8c7s6)cc5SCCCS(=O)(=O)O)cc4OCCCS(=O)(=O)O)c(O)n32)c1S(=O)(=O)O. The molecular formula is C45H40N10O19S7. The summed E-state index contributed by atoms with van der Waals surface area (Å²) in [5.41, 5.74) is -0.908. The third-order valence-corrected chi connectivity index (χ3v) is 18.0. The quantitative estimate of drug-likeness (QED) is 0.0153. The van der Waals surface area contributed by atoms with Gasteiger partial charge in [0.15, 0.2) is 16.2 Å². The zero-order valence-corrected chi connectivity index (χ0v) is 47.3. The molecule has 426 valence electrons. The highest BCUT2D eigenvalue weighted by Crippen LogP contribution is 2.45. The number of aromatic hydroxyl groups is 1. The van der Waals surface area contributed by atoms with Crippen molar-refractivity contribution in [3.63, 3.8) is 0 Å². The maximum Gasteiger partial charge on any atom is 0.300 e. The number of thioether (sulfide) groups is 1. The van der Waals surface area contributed by atoms with Crippen molar-refractivity contribution < 1.29 is 84.5 Å². The second-order valence-corrected chi connectivity index (χ2v) is 26.6. The summed E-state index contributed by atoms with van der Waals surface area (Å²) < 4.78 is 181. The molecule has 0 fully saturated rings. The molecule has 5 aromatic carbocycles. The molecule has 0 saturated heterocycles. The molecule has 3 heterocycles. The number of imidazole rings is 1. The van der Waals surface area contributed by atoms with Crippen molar-refractivity contribution in [2.75, 3.05) is 31.0 Å². The Labute approximate surface area is 467 Å². The van der Waals surface area contributed by atoms with Crippen LogP contribution in [0.5, 0.6) is 17.4 Å². The average Bonchev–Trinajstić information content (AvgIpc) is 2.51. The molecule has 8 rings (SSSR count). The van der Waals surface area contributed by atoms with Crippen molar-refractivity contribution in [1.29, 1.82) is 5.26 Å². The second kappa shape index (κ2) is 22.9. The first-order chi connectivity index (χ1) is 37.9. The summed E-state index contributed by atoms with van der Waals surface area (Å²) in [5, 5.41) is 58.3. The molecule has 29 nitrogen and oxygen atoms in total. The van der Waals surface area contributed by atoms with Gasteiger partial charge in [0.1, 0.15) is 44.7 Å². The van der Waals surface area contributed by atoms with Crippen LogP contribution in [0.15, 0.2) is 111 Å². The van der Waals surface area contributed by atoms with E-state index < -0.39 is 89.3 Å². The summed E-state index contributed by atoms with van der Waals surface area (Å²) >= 11 is 1.77. The number of hydrogen-bond donors (Lipinski definition) is 7. The number of rotatable bonds is 21. The first-order valence-corrected chi connectivity index (χ1v) is 32.0. The van der Waals surface area contributed by atoms with Gasteiger partial charge in [0.25, 0.3) is 50.6 Å². The van der Waals surface area contributed by atoms with Crippen molar-refractivity contribution in [2.45, 2.75) is 52.9 Å². The summed E-state index contributed by atoms with van der Waals surface area (Å²) in [6.07, 6.45) is -0.287. The number of pyridine rings is 1. The maximum absolute atomic E-state index is 12.5. The van der Waals surface area contributed by atoms with E-state index in [2.05, 4.69) is 40.7 Å². The second-order valence-electron chi connectivity index (χ2n) is 17.2. The van der Waals surface area contributed by atoms with Gasteiger partial charge in [-0.05, 0) is 91.9 Å². The number of fused-ring (bicyclic) bond motifs is 6. The summed E-state index contributed by atoms with van der Waals surface area (Å²) in [7, 11) is -22.3. The molecule has 81 heavy (non-hydrogen) atoms. The molecule has 7 N–H and O–H groups in total. The zero-order chi connectivity index (χ0) is 59.1. The first-order valence-electron chi connectivity index (χ1n) is 22.7. The number of thiazole rings is 1. The van der Waals surface area contributed by atoms with E-state index in [0.717, 1.165) is 52.8 Å². The van der Waals surface area contributed by atoms with Gasteiger partial charge >= 0.3 is 0 Å². The standard InChI is InChI=1S/C45H40N10O19S7/c1-22-14-31(51-53-38-23(2)28(20-46)43-47-39-33(55(43)44(38)57)8-9-34(73-3)42(39)81(70,71)72)35(74-10-4-12-77(58,59)60)18-29(22)49-52-32-15-25(21-56)30(19-36(32)75-11-5-13-78(61,62)63)50-54-45-48-40-37(80(67,68)69)16-24-6-7-26(79(64,65)66)17-27(24)41(40)76-45/h6-9,14-19,56-57H,4-5,10-13,21H2,1-3H3,(H,58,59,60)(H,61,62,63)(H,64,65,66)(H,67,68,69)(H,70,71,72). The number of aliphatic hydroxyl groups is 1. The van der Waals surface area contributed by atoms with Crippen molar-refractivity contribution in [2.24, 2.45) is 30.7 Å². The lowest BCUT2D eigenvalue weighted by atomic mass is 10.1. The van der Waals surface area contributed by atoms with Crippen LogP contribution in [0.4, 0.5) is 33.6 Å². The minimum absolute atomic E-state index is 0.0143. The molecule has 36 heteroatoms. The average molecular weight is 1250 g/mol. The van der Waals surface area contributed by atoms with Crippen molar-refractivity contribution in [3.05, 3.63) is 82.9 Å². The van der Waals surface area contributed by atoms with E-state index in [1.807, 2.05) is 6.07 Å². The van der Waals surface area contributed by atoms with Gasteiger partial charge in [0.05, 0.1) is 64.0 Å². The number of aliphatic hydroxyl groups excluding tert-OH is 1. The van der Waals surface area contributed by atoms with Gasteiger partial charge in [-0.2, -0.15) is 52.5 Å². The number of nitriles is 1. The normalized spacial score (nSPS) is 13.0. The van der Waals surface area contributed by atoms with Gasteiger partial charge in [-0.15, -0.1) is 37.3 Å². The van der Waals surface area contributed by atoms with Crippen LogP contribution in [0.1, 0.15) is 35.1 Å². The van der Waals surface area contributed by atoms with E-state index >= 15 is 0 Å². The Morgan fingerprint density at radius 3 is 2.04 bits per heavy atom. The van der Waals surface area contributed by atoms with Crippen LogP contribution in [0.3, 0.4) is 0 Å². The predicted octanol–water partition coefficient (Wildman–Crippen LogP) is 8.96. The fourth-order valence-electron chi connectivity index (χ4n) is 7.97. The van der Waals surface area contributed by atoms with Crippen LogP contribution in [0, 0.1) is 25.2 Å². The molecule has 8 aromatic rings. The molecule has 0 aliphatic heterocycles. The molecule has 3 aromatic heterocycles. The van der Waals surface area contributed by atoms with Crippen molar-refractivity contribution in [3.8, 4) is 23.4 Å². The van der Waals surface area contributed by atoms with Crippen LogP contribution in [0.2, 0.25) is 0 Å². The molecule has 0 aliphatic rings. The lowest BCUT2D eigenvalue weighted by Gasteiger charge is -2.12. The van der Waals surface area contributed by atoms with Gasteiger partial charge in [-0.1, -0.05) is 17.4 Å². The molecule has 0 saturated carbocycles. The van der Waals surface area contributed by atoms with Crippen LogP contribution < -0.4 is 9.47 Å². The largest absolute Gasteiger partial charge is 0.495 e. The smallest absolute Gasteiger partial charge is 0.300 e. The number of nitrogens with zero attached hydrogens (tertiary/aromatic N) is 10. The molecular weight excluding hydrogens is 1210 g/mol. The van der Waals surface area contributed by atoms with Crippen LogP contribution in [-0.2, 0) is 57.2 Å². The minimum Gasteiger partial charge on any atom is -0.495 e. The molecule has 0 aliphatic carbocycles. The fourth-order valence-corrected chi connectivity index (χ4v) is 13.1. The number of hydrogen-bond acceptors (Lipinski definition) is 25. The Balaban J connectivity index is 1.20. The van der Waals surface area contributed by atoms with Gasteiger partial charge < -0.3 is 19.7 Å². The number of methoxy groups -OCH3 is 1. The van der Waals surface area contributed by atoms with E-state index in [0.29, 0.717) is 5.56 Å². The highest BCUT2D eigenvalue weighted by atomic mass is 32.2. The minimum atomic E-state index is -4.98. The number of benzene rings is 5. The Morgan fingerprint density at radius 1 is 0.716 bits per heavy atom. The van der Waals surface area contributed by atoms with Crippen LogP contribution in [-0.4, -0.2) is 120 Å². The molecule has 0 radical (unpaired) electrons. The number of ether oxygens (including phenoxy) is 2. The predicted molar refractivity (Wildman–Crippen MR) is 291 cm³/mol. The fraction of sp³-hybridized carbons (Fsp3) is 0.222. The maximum atomic E-state index is 12.5. The lowest BCUT2D eigenvalue weighted by molar-refractivity contribution is 0.282. The highest BCUT2D eigenvalue weighted by Gasteiger charge is 2.29. The number of aromatic nitrogens is 3. The van der Waals surface area contributed by atoms with Gasteiger partial charge in [0, 0.05) is 27.5 Å². The number of aryl methyl sites for hydroxylation is 1. The Morgan fingerprint density at radius 2 is 1.40 bits per heavy atom. The molecule has 0 spiro atoms. The zero-order valence-electron chi connectivity index (χ0n) is 41.6. The van der Waals surface area contributed by atoms with Gasteiger partial charge in [-0.25, -0.2) is 9.97 Å². The first kappa shape index (κ1) is 59.9. The van der Waals surface area contributed by atoms with Gasteiger partial charge in [-0.3, -0.25) is 27.2 Å². The van der Waals surface area contributed by atoms with Crippen LogP contribution >= 0.6 is 23.1 Å². The Kier molecular flexibility index (Phi) is 17.0. The summed E-state index contributed by atoms with van der Waals surface area (Å²) in [6.45, 7) is 1.94. The molecule has 0 unspecified atom stereocenters. The lowest BCUT2D eigenvalue weighted by Crippen LogP contribution is -2.08. The highest BCUT2D eigenvalue weighted by molar-refractivity contribution is 7.99. The third kappa shape index (κ3) is 13.3. The Bertz CT molecular complexity index is 4660. The van der Waals surface area contributed by atoms with E-state index in [4.69, 9.17) is 9.47 Å².